The number of allylic oxidation sites excluding steroid dienone is 1. The molecule has 2 heteroatoms. The molecule has 0 aromatic heterocycles. The van der Waals surface area contributed by atoms with Crippen LogP contribution in [0.25, 0.3) is 11.1 Å². The molecule has 0 aliphatic carbocycles. The van der Waals surface area contributed by atoms with Crippen LogP contribution in [0.1, 0.15) is 5.56 Å². The summed E-state index contributed by atoms with van der Waals surface area (Å²) in [4.78, 5) is 0. The predicted octanol–water partition coefficient (Wildman–Crippen LogP) is 3.84. The molecule has 1 N–H and O–H groups in total. The standard InChI is InChI=1S/C16H15NO/c1-11-8-14-7-6-13(10-16(14)17-11)12-4-3-5-15(9-12)18-2/h3-7,9-10,17H,1,8H2,2H3. The molecule has 0 fully saturated rings. The van der Waals surface area contributed by atoms with Crippen molar-refractivity contribution in [1.82, 2.24) is 0 Å². The van der Waals surface area contributed by atoms with Gasteiger partial charge in [0, 0.05) is 17.8 Å². The molecule has 0 saturated carbocycles. The second kappa shape index (κ2) is 4.22. The molecule has 0 unspecified atom stereocenters. The van der Waals surface area contributed by atoms with Crippen LogP contribution in [0, 0.1) is 0 Å². The largest absolute Gasteiger partial charge is 0.497 e. The van der Waals surface area contributed by atoms with E-state index in [2.05, 4.69) is 36.2 Å². The van der Waals surface area contributed by atoms with Gasteiger partial charge in [-0.25, -0.2) is 0 Å². The Morgan fingerprint density at radius 2 is 1.94 bits per heavy atom. The number of methoxy groups -OCH3 is 1. The molecule has 1 aliphatic heterocycles. The first-order valence-corrected chi connectivity index (χ1v) is 5.98. The lowest BCUT2D eigenvalue weighted by molar-refractivity contribution is 0.415. The van der Waals surface area contributed by atoms with Crippen molar-refractivity contribution in [2.45, 2.75) is 6.42 Å². The van der Waals surface area contributed by atoms with Gasteiger partial charge in [-0.2, -0.15) is 0 Å². The molecule has 3 rings (SSSR count). The van der Waals surface area contributed by atoms with Crippen molar-refractivity contribution in [3.63, 3.8) is 0 Å². The lowest BCUT2D eigenvalue weighted by atomic mass is 10.0. The zero-order valence-electron chi connectivity index (χ0n) is 10.4. The number of benzene rings is 2. The van der Waals surface area contributed by atoms with Gasteiger partial charge in [0.25, 0.3) is 0 Å². The molecule has 0 bridgehead atoms. The first kappa shape index (κ1) is 10.9. The maximum absolute atomic E-state index is 5.26. The number of hydrogen-bond acceptors (Lipinski definition) is 2. The minimum absolute atomic E-state index is 0.880. The zero-order chi connectivity index (χ0) is 12.5. The van der Waals surface area contributed by atoms with Gasteiger partial charge < -0.3 is 10.1 Å². The highest BCUT2D eigenvalue weighted by molar-refractivity contribution is 5.74. The predicted molar refractivity (Wildman–Crippen MR) is 74.9 cm³/mol. The topological polar surface area (TPSA) is 21.3 Å². The van der Waals surface area contributed by atoms with Crippen LogP contribution < -0.4 is 10.1 Å². The first-order chi connectivity index (χ1) is 8.76. The van der Waals surface area contributed by atoms with Crippen molar-refractivity contribution >= 4 is 5.69 Å². The van der Waals surface area contributed by atoms with E-state index >= 15 is 0 Å². The molecule has 0 saturated heterocycles. The van der Waals surface area contributed by atoms with E-state index in [1.807, 2.05) is 18.2 Å². The van der Waals surface area contributed by atoms with Gasteiger partial charge in [-0.1, -0.05) is 30.8 Å². The van der Waals surface area contributed by atoms with Crippen LogP contribution in [0.5, 0.6) is 5.75 Å². The van der Waals surface area contributed by atoms with Gasteiger partial charge in [0.1, 0.15) is 5.75 Å². The normalized spacial score (nSPS) is 13.1. The molecule has 0 radical (unpaired) electrons. The molecule has 1 aliphatic rings. The van der Waals surface area contributed by atoms with Crippen molar-refractivity contribution in [3.05, 3.63) is 60.3 Å². The van der Waals surface area contributed by atoms with Gasteiger partial charge in [-0.15, -0.1) is 0 Å². The maximum atomic E-state index is 5.26. The molecular weight excluding hydrogens is 222 g/mol. The van der Waals surface area contributed by atoms with E-state index in [1.165, 1.54) is 16.8 Å². The summed E-state index contributed by atoms with van der Waals surface area (Å²) in [5, 5.41) is 3.31. The monoisotopic (exact) mass is 237 g/mol. The average Bonchev–Trinajstić information content (AvgIpc) is 2.77. The van der Waals surface area contributed by atoms with Crippen LogP contribution in [-0.2, 0) is 6.42 Å². The number of ether oxygens (including phenoxy) is 1. The Balaban J connectivity index is 2.02. The van der Waals surface area contributed by atoms with E-state index in [0.29, 0.717) is 0 Å². The number of hydrogen-bond donors (Lipinski definition) is 1. The lowest BCUT2D eigenvalue weighted by Crippen LogP contribution is -1.88. The van der Waals surface area contributed by atoms with Gasteiger partial charge in [-0.05, 0) is 34.9 Å². The lowest BCUT2D eigenvalue weighted by Gasteiger charge is -2.07. The van der Waals surface area contributed by atoms with E-state index in [0.717, 1.165) is 23.4 Å². The molecule has 0 atom stereocenters. The Morgan fingerprint density at radius 3 is 2.78 bits per heavy atom. The van der Waals surface area contributed by atoms with Crippen LogP contribution in [0.2, 0.25) is 0 Å². The van der Waals surface area contributed by atoms with Gasteiger partial charge in [-0.3, -0.25) is 0 Å². The minimum Gasteiger partial charge on any atom is -0.497 e. The van der Waals surface area contributed by atoms with Crippen molar-refractivity contribution in [1.29, 1.82) is 0 Å². The van der Waals surface area contributed by atoms with Crippen LogP contribution in [0.3, 0.4) is 0 Å². The Morgan fingerprint density at radius 1 is 1.11 bits per heavy atom. The Hall–Kier alpha value is -2.22. The molecule has 0 spiro atoms. The number of anilines is 1. The fourth-order valence-electron chi connectivity index (χ4n) is 2.29. The van der Waals surface area contributed by atoms with Gasteiger partial charge in [0.15, 0.2) is 0 Å². The third-order valence-electron chi connectivity index (χ3n) is 3.23. The van der Waals surface area contributed by atoms with Crippen molar-refractivity contribution in [3.8, 4) is 16.9 Å². The summed E-state index contributed by atoms with van der Waals surface area (Å²) in [6.45, 7) is 3.97. The highest BCUT2D eigenvalue weighted by atomic mass is 16.5. The second-order valence-electron chi connectivity index (χ2n) is 4.51. The third kappa shape index (κ3) is 1.86. The van der Waals surface area contributed by atoms with Crippen LogP contribution in [-0.4, -0.2) is 7.11 Å². The number of nitrogens with one attached hydrogen (secondary N) is 1. The molecule has 0 amide bonds. The number of fused-ring (bicyclic) bond motifs is 1. The fraction of sp³-hybridized carbons (Fsp3) is 0.125. The molecule has 1 heterocycles. The molecular formula is C16H15NO. The SMILES string of the molecule is C=C1Cc2ccc(-c3cccc(OC)c3)cc2N1. The number of rotatable bonds is 2. The minimum atomic E-state index is 0.880. The van der Waals surface area contributed by atoms with Gasteiger partial charge in [0.2, 0.25) is 0 Å². The van der Waals surface area contributed by atoms with Crippen LogP contribution >= 0.6 is 0 Å². The van der Waals surface area contributed by atoms with Crippen LogP contribution in [0.4, 0.5) is 5.69 Å². The van der Waals surface area contributed by atoms with Crippen molar-refractivity contribution in [2.75, 3.05) is 12.4 Å². The maximum Gasteiger partial charge on any atom is 0.119 e. The van der Waals surface area contributed by atoms with E-state index in [4.69, 9.17) is 4.74 Å². The summed E-state index contributed by atoms with van der Waals surface area (Å²) in [5.74, 6) is 0.880. The quantitative estimate of drug-likeness (QED) is 0.856. The zero-order valence-corrected chi connectivity index (χ0v) is 10.4. The summed E-state index contributed by atoms with van der Waals surface area (Å²) in [7, 11) is 1.69. The molecule has 90 valence electrons. The second-order valence-corrected chi connectivity index (χ2v) is 4.51. The Kier molecular flexibility index (Phi) is 2.56. The smallest absolute Gasteiger partial charge is 0.119 e. The summed E-state index contributed by atoms with van der Waals surface area (Å²) < 4.78 is 5.26. The van der Waals surface area contributed by atoms with Gasteiger partial charge in [0.05, 0.1) is 7.11 Å². The Labute approximate surface area is 107 Å². The van der Waals surface area contributed by atoms with E-state index in [9.17, 15) is 0 Å². The van der Waals surface area contributed by atoms with Crippen LogP contribution in [0.15, 0.2) is 54.7 Å². The fourth-order valence-corrected chi connectivity index (χ4v) is 2.29. The highest BCUT2D eigenvalue weighted by Crippen LogP contribution is 2.32. The first-order valence-electron chi connectivity index (χ1n) is 5.98. The van der Waals surface area contributed by atoms with Gasteiger partial charge >= 0.3 is 0 Å². The molecule has 18 heavy (non-hydrogen) atoms. The van der Waals surface area contributed by atoms with E-state index < -0.39 is 0 Å². The van der Waals surface area contributed by atoms with E-state index in [1.54, 1.807) is 7.11 Å². The summed E-state index contributed by atoms with van der Waals surface area (Å²) in [5.41, 5.74) is 5.89. The molecule has 2 aromatic carbocycles. The van der Waals surface area contributed by atoms with Crippen molar-refractivity contribution in [2.24, 2.45) is 0 Å². The average molecular weight is 237 g/mol. The molecule has 2 nitrogen and oxygen atoms in total. The summed E-state index contributed by atoms with van der Waals surface area (Å²) >= 11 is 0. The molecule has 2 aromatic rings. The van der Waals surface area contributed by atoms with E-state index in [-0.39, 0.29) is 0 Å². The Bertz CT molecular complexity index is 616. The third-order valence-corrected chi connectivity index (χ3v) is 3.23. The summed E-state index contributed by atoms with van der Waals surface area (Å²) in [6, 6.07) is 14.6. The van der Waals surface area contributed by atoms with Crippen molar-refractivity contribution < 1.29 is 4.74 Å². The summed E-state index contributed by atoms with van der Waals surface area (Å²) in [6.07, 6.45) is 0.924. The highest BCUT2D eigenvalue weighted by Gasteiger charge is 2.13.